The van der Waals surface area contributed by atoms with E-state index in [2.05, 4.69) is 0 Å². The van der Waals surface area contributed by atoms with Crippen LogP contribution >= 0.6 is 0 Å². The van der Waals surface area contributed by atoms with Crippen LogP contribution in [0.15, 0.2) is 72.8 Å². The topological polar surface area (TPSA) is 105 Å². The molecule has 0 heterocycles. The van der Waals surface area contributed by atoms with Crippen LogP contribution in [0.3, 0.4) is 0 Å². The Morgan fingerprint density at radius 2 is 0.500 bits per heavy atom. The van der Waals surface area contributed by atoms with Crippen molar-refractivity contribution >= 4 is 40.0 Å². The standard InChI is InChI=1S/C38H42O8Si2/c1-23-15-11-16-24(2)31(23)35(39)43-47(9,44-36(40)32-25(3)17-12-18-26(32)4)48(10,45-37(41)33-27(5)19-13-20-28(33)6)46-38(42)34-29(7)21-14-22-30(34)8/h11-22H,1-10H3. The molecule has 0 radical (unpaired) electrons. The van der Waals surface area contributed by atoms with Gasteiger partial charge in [-0.05, 0) is 99.9 Å². The number of hydrogen-bond donors (Lipinski definition) is 0. The molecule has 0 spiro atoms. The highest BCUT2D eigenvalue weighted by Gasteiger charge is 2.70. The molecular weight excluding hydrogens is 641 g/mol. The van der Waals surface area contributed by atoms with Gasteiger partial charge in [0, 0.05) is 13.1 Å². The predicted octanol–water partition coefficient (Wildman–Crippen LogP) is 8.10. The quantitative estimate of drug-likeness (QED) is 0.163. The van der Waals surface area contributed by atoms with Crippen molar-refractivity contribution in [2.75, 3.05) is 0 Å². The van der Waals surface area contributed by atoms with E-state index in [9.17, 15) is 19.2 Å². The summed E-state index contributed by atoms with van der Waals surface area (Å²) >= 11 is 0. The summed E-state index contributed by atoms with van der Waals surface area (Å²) in [6.45, 7) is 17.0. The Hall–Kier alpha value is -4.81. The second-order valence-corrected chi connectivity index (χ2v) is 22.6. The van der Waals surface area contributed by atoms with Crippen LogP contribution in [0.1, 0.15) is 85.9 Å². The molecule has 0 atom stereocenters. The molecule has 0 bridgehead atoms. The van der Waals surface area contributed by atoms with Gasteiger partial charge in [-0.25, -0.2) is 19.2 Å². The first-order valence-corrected chi connectivity index (χ1v) is 21.3. The second kappa shape index (κ2) is 14.1. The van der Waals surface area contributed by atoms with Gasteiger partial charge in [-0.1, -0.05) is 72.8 Å². The zero-order valence-corrected chi connectivity index (χ0v) is 31.2. The zero-order chi connectivity index (χ0) is 35.6. The SMILES string of the molecule is Cc1cccc(C)c1C(=O)O[Si](C)(OC(=O)c1c(C)cccc1C)[Si](C)(OC(=O)c1c(C)cccc1C)OC(=O)c1c(C)cccc1C. The van der Waals surface area contributed by atoms with Gasteiger partial charge in [0.1, 0.15) is 0 Å². The molecule has 250 valence electrons. The van der Waals surface area contributed by atoms with Crippen molar-refractivity contribution in [2.45, 2.75) is 68.5 Å². The second-order valence-electron chi connectivity index (χ2n) is 12.5. The predicted molar refractivity (Wildman–Crippen MR) is 189 cm³/mol. The molecule has 0 fully saturated rings. The highest BCUT2D eigenvalue weighted by Crippen LogP contribution is 2.32. The molecule has 0 N–H and O–H groups in total. The van der Waals surface area contributed by atoms with Crippen LogP contribution in [-0.2, 0) is 17.7 Å². The average Bonchev–Trinajstić information content (AvgIpc) is 2.96. The van der Waals surface area contributed by atoms with E-state index in [0.717, 1.165) is 0 Å². The smallest absolute Gasteiger partial charge is 0.479 e. The summed E-state index contributed by atoms with van der Waals surface area (Å²) in [5.74, 6) is -3.11. The lowest BCUT2D eigenvalue weighted by molar-refractivity contribution is 0.0479. The Balaban J connectivity index is 1.94. The van der Waals surface area contributed by atoms with Crippen LogP contribution in [-0.4, -0.2) is 40.0 Å². The molecule has 0 aliphatic carbocycles. The molecule has 0 aliphatic rings. The fourth-order valence-corrected chi connectivity index (χ4v) is 11.9. The van der Waals surface area contributed by atoms with Gasteiger partial charge < -0.3 is 17.7 Å². The number of hydrogen-bond acceptors (Lipinski definition) is 8. The van der Waals surface area contributed by atoms with E-state index in [0.29, 0.717) is 44.5 Å². The monoisotopic (exact) mass is 682 g/mol. The van der Waals surface area contributed by atoms with Crippen LogP contribution in [0.4, 0.5) is 0 Å². The molecule has 4 aromatic carbocycles. The highest BCUT2D eigenvalue weighted by molar-refractivity contribution is 7.32. The third-order valence-corrected chi connectivity index (χ3v) is 18.8. The van der Waals surface area contributed by atoms with E-state index in [4.69, 9.17) is 17.7 Å². The highest BCUT2D eigenvalue weighted by atomic mass is 29.3. The summed E-state index contributed by atoms with van der Waals surface area (Å²) in [6, 6.07) is 21.4. The lowest BCUT2D eigenvalue weighted by Crippen LogP contribution is -2.69. The molecule has 0 aliphatic heterocycles. The number of aryl methyl sites for hydroxylation is 8. The van der Waals surface area contributed by atoms with Crippen LogP contribution in [0.5, 0.6) is 0 Å². The fraction of sp³-hybridized carbons (Fsp3) is 0.263. The number of carbonyl (C=O) groups is 4. The molecular formula is C38H42O8Si2. The molecule has 0 aromatic heterocycles. The first kappa shape index (κ1) is 36.0. The Morgan fingerprint density at radius 1 is 0.354 bits per heavy atom. The Morgan fingerprint density at radius 3 is 0.646 bits per heavy atom. The van der Waals surface area contributed by atoms with Gasteiger partial charge >= 0.3 is 40.0 Å². The third-order valence-electron chi connectivity index (χ3n) is 8.72. The van der Waals surface area contributed by atoms with Crippen LogP contribution in [0.2, 0.25) is 13.1 Å². The molecule has 48 heavy (non-hydrogen) atoms. The summed E-state index contributed by atoms with van der Waals surface area (Å²) in [7, 11) is -8.99. The first-order chi connectivity index (χ1) is 22.5. The van der Waals surface area contributed by atoms with Gasteiger partial charge in [0.25, 0.3) is 0 Å². The maximum atomic E-state index is 14.1. The summed E-state index contributed by atoms with van der Waals surface area (Å²) in [5.41, 5.74) is 6.22. The van der Waals surface area contributed by atoms with Gasteiger partial charge in [-0.15, -0.1) is 0 Å². The van der Waals surface area contributed by atoms with Crippen molar-refractivity contribution in [3.8, 4) is 0 Å². The van der Waals surface area contributed by atoms with E-state index in [-0.39, 0.29) is 22.3 Å². The largest absolute Gasteiger partial charge is 0.533 e. The summed E-state index contributed by atoms with van der Waals surface area (Å²) in [6.07, 6.45) is 0. The molecule has 0 unspecified atom stereocenters. The first-order valence-electron chi connectivity index (χ1n) is 15.7. The summed E-state index contributed by atoms with van der Waals surface area (Å²) in [4.78, 5) is 56.4. The molecule has 4 aromatic rings. The third kappa shape index (κ3) is 7.19. The van der Waals surface area contributed by atoms with Crippen LogP contribution in [0, 0.1) is 55.4 Å². The lowest BCUT2D eigenvalue weighted by atomic mass is 10.0. The van der Waals surface area contributed by atoms with E-state index in [1.807, 2.05) is 24.3 Å². The summed E-state index contributed by atoms with van der Waals surface area (Å²) in [5, 5.41) is 0. The Kier molecular flexibility index (Phi) is 10.6. The van der Waals surface area contributed by atoms with Gasteiger partial charge in [0.15, 0.2) is 0 Å². The van der Waals surface area contributed by atoms with Gasteiger partial charge in [0.05, 0.1) is 22.3 Å². The molecule has 4 rings (SSSR count). The van der Waals surface area contributed by atoms with E-state index in [1.165, 1.54) is 13.1 Å². The number of benzene rings is 4. The molecule has 10 heteroatoms. The molecule has 0 saturated heterocycles. The van der Waals surface area contributed by atoms with Crippen molar-refractivity contribution < 1.29 is 36.9 Å². The molecule has 0 amide bonds. The number of carbonyl (C=O) groups excluding carboxylic acids is 4. The molecule has 0 saturated carbocycles. The minimum absolute atomic E-state index is 0.276. The van der Waals surface area contributed by atoms with Gasteiger partial charge in [0.2, 0.25) is 0 Å². The number of rotatable bonds is 9. The lowest BCUT2D eigenvalue weighted by Gasteiger charge is -2.37. The van der Waals surface area contributed by atoms with Gasteiger partial charge in [-0.3, -0.25) is 0 Å². The van der Waals surface area contributed by atoms with Crippen molar-refractivity contribution in [1.29, 1.82) is 0 Å². The van der Waals surface area contributed by atoms with Crippen LogP contribution in [0.25, 0.3) is 0 Å². The Bertz CT molecular complexity index is 1580. The van der Waals surface area contributed by atoms with Crippen LogP contribution < -0.4 is 0 Å². The minimum atomic E-state index is -4.49. The van der Waals surface area contributed by atoms with E-state index < -0.39 is 40.0 Å². The van der Waals surface area contributed by atoms with Crippen molar-refractivity contribution in [3.63, 3.8) is 0 Å². The van der Waals surface area contributed by atoms with Gasteiger partial charge in [-0.2, -0.15) is 0 Å². The van der Waals surface area contributed by atoms with Crippen molar-refractivity contribution in [1.82, 2.24) is 0 Å². The van der Waals surface area contributed by atoms with E-state index >= 15 is 0 Å². The fourth-order valence-electron chi connectivity index (χ4n) is 5.87. The maximum absolute atomic E-state index is 14.1. The Labute approximate surface area is 284 Å². The van der Waals surface area contributed by atoms with Crippen molar-refractivity contribution in [3.05, 3.63) is 140 Å². The maximum Gasteiger partial charge on any atom is 0.533 e. The normalized spacial score (nSPS) is 11.5. The van der Waals surface area contributed by atoms with Crippen molar-refractivity contribution in [2.24, 2.45) is 0 Å². The summed E-state index contributed by atoms with van der Waals surface area (Å²) < 4.78 is 25.1. The zero-order valence-electron chi connectivity index (χ0n) is 29.2. The molecule has 8 nitrogen and oxygen atoms in total. The van der Waals surface area contributed by atoms with E-state index in [1.54, 1.807) is 104 Å². The average molecular weight is 683 g/mol. The minimum Gasteiger partial charge on any atom is -0.479 e.